The minimum Gasteiger partial charge on any atom is -0.497 e. The number of hydrogen-bond acceptors (Lipinski definition) is 3. The van der Waals surface area contributed by atoms with Crippen LogP contribution >= 0.6 is 0 Å². The molecule has 0 bridgehead atoms. The molecule has 1 amide bonds. The Hall–Kier alpha value is -1.55. The fraction of sp³-hybridized carbons (Fsp3) is 0.562. The maximum Gasteiger partial charge on any atom is 0.227 e. The van der Waals surface area contributed by atoms with E-state index in [2.05, 4.69) is 17.4 Å². The van der Waals surface area contributed by atoms with Gasteiger partial charge in [0.05, 0.1) is 13.0 Å². The molecular formula is C16H24N2O2. The van der Waals surface area contributed by atoms with Crippen molar-refractivity contribution in [2.75, 3.05) is 33.3 Å². The summed E-state index contributed by atoms with van der Waals surface area (Å²) in [6, 6.07) is 8.07. The fourth-order valence-corrected chi connectivity index (χ4v) is 2.91. The van der Waals surface area contributed by atoms with Crippen LogP contribution in [0.15, 0.2) is 24.3 Å². The van der Waals surface area contributed by atoms with Gasteiger partial charge in [0.1, 0.15) is 5.75 Å². The van der Waals surface area contributed by atoms with Gasteiger partial charge in [-0.1, -0.05) is 12.1 Å². The molecule has 1 N–H and O–H groups in total. The van der Waals surface area contributed by atoms with Crippen LogP contribution in [0.2, 0.25) is 0 Å². The van der Waals surface area contributed by atoms with Crippen LogP contribution < -0.4 is 10.1 Å². The molecule has 2 unspecified atom stereocenters. The van der Waals surface area contributed by atoms with E-state index in [1.165, 1.54) is 5.56 Å². The topological polar surface area (TPSA) is 41.6 Å². The zero-order chi connectivity index (χ0) is 14.5. The standard InChI is InChI=1S/C16H24N2O2/c1-4-18(5-2)16(19)15-11-17-10-14(15)12-6-8-13(20-3)9-7-12/h6-9,14-15,17H,4-5,10-11H2,1-3H3. The van der Waals surface area contributed by atoms with Crippen LogP contribution in [0.1, 0.15) is 25.3 Å². The molecule has 110 valence electrons. The van der Waals surface area contributed by atoms with Crippen molar-refractivity contribution in [1.29, 1.82) is 0 Å². The lowest BCUT2D eigenvalue weighted by atomic mass is 9.88. The van der Waals surface area contributed by atoms with E-state index in [0.717, 1.165) is 31.9 Å². The Labute approximate surface area is 121 Å². The quantitative estimate of drug-likeness (QED) is 0.892. The first-order chi connectivity index (χ1) is 9.71. The molecule has 1 aliphatic rings. The molecule has 2 rings (SSSR count). The third-order valence-corrected chi connectivity index (χ3v) is 4.15. The Kier molecular flexibility index (Phi) is 5.01. The van der Waals surface area contributed by atoms with Crippen LogP contribution in [0.5, 0.6) is 5.75 Å². The van der Waals surface area contributed by atoms with Gasteiger partial charge in [-0.25, -0.2) is 0 Å². The molecule has 2 atom stereocenters. The van der Waals surface area contributed by atoms with Crippen LogP contribution in [0.4, 0.5) is 0 Å². The van der Waals surface area contributed by atoms with Gasteiger partial charge in [-0.05, 0) is 31.5 Å². The average Bonchev–Trinajstić information content (AvgIpc) is 2.98. The van der Waals surface area contributed by atoms with Crippen molar-refractivity contribution in [1.82, 2.24) is 10.2 Å². The summed E-state index contributed by atoms with van der Waals surface area (Å²) < 4.78 is 5.19. The second-order valence-electron chi connectivity index (χ2n) is 5.15. The summed E-state index contributed by atoms with van der Waals surface area (Å²) in [5.74, 6) is 1.42. The summed E-state index contributed by atoms with van der Waals surface area (Å²) in [7, 11) is 1.67. The van der Waals surface area contributed by atoms with Gasteiger partial charge in [-0.3, -0.25) is 4.79 Å². The van der Waals surface area contributed by atoms with Crippen molar-refractivity contribution in [2.45, 2.75) is 19.8 Å². The Morgan fingerprint density at radius 3 is 2.45 bits per heavy atom. The number of carbonyl (C=O) groups excluding carboxylic acids is 1. The predicted octanol–water partition coefficient (Wildman–Crippen LogP) is 1.87. The Morgan fingerprint density at radius 2 is 1.90 bits per heavy atom. The van der Waals surface area contributed by atoms with Crippen LogP contribution in [0.3, 0.4) is 0 Å². The van der Waals surface area contributed by atoms with E-state index in [0.29, 0.717) is 0 Å². The summed E-state index contributed by atoms with van der Waals surface area (Å²) in [6.45, 7) is 7.26. The molecule has 0 saturated carbocycles. The first kappa shape index (κ1) is 14.9. The molecule has 1 saturated heterocycles. The zero-order valence-electron chi connectivity index (χ0n) is 12.6. The number of nitrogens with one attached hydrogen (secondary N) is 1. The van der Waals surface area contributed by atoms with Gasteiger partial charge >= 0.3 is 0 Å². The van der Waals surface area contributed by atoms with Crippen LogP contribution in [0.25, 0.3) is 0 Å². The third-order valence-electron chi connectivity index (χ3n) is 4.15. The van der Waals surface area contributed by atoms with Gasteiger partial charge in [-0.15, -0.1) is 0 Å². The highest BCUT2D eigenvalue weighted by atomic mass is 16.5. The maximum atomic E-state index is 12.6. The number of nitrogens with zero attached hydrogens (tertiary/aromatic N) is 1. The first-order valence-corrected chi connectivity index (χ1v) is 7.34. The Balaban J connectivity index is 2.15. The molecule has 0 spiro atoms. The smallest absolute Gasteiger partial charge is 0.227 e. The Bertz CT molecular complexity index is 440. The van der Waals surface area contributed by atoms with Crippen molar-refractivity contribution in [3.63, 3.8) is 0 Å². The lowest BCUT2D eigenvalue weighted by Gasteiger charge is -2.26. The van der Waals surface area contributed by atoms with Crippen molar-refractivity contribution >= 4 is 5.91 Å². The molecule has 1 aromatic carbocycles. The molecule has 20 heavy (non-hydrogen) atoms. The highest BCUT2D eigenvalue weighted by Crippen LogP contribution is 2.30. The predicted molar refractivity (Wildman–Crippen MR) is 80.0 cm³/mol. The highest BCUT2D eigenvalue weighted by molar-refractivity contribution is 5.80. The van der Waals surface area contributed by atoms with E-state index in [4.69, 9.17) is 4.74 Å². The van der Waals surface area contributed by atoms with E-state index in [1.807, 2.05) is 30.9 Å². The van der Waals surface area contributed by atoms with Gasteiger partial charge in [0, 0.05) is 32.1 Å². The summed E-state index contributed by atoms with van der Waals surface area (Å²) in [5.41, 5.74) is 1.21. The van der Waals surface area contributed by atoms with E-state index < -0.39 is 0 Å². The molecular weight excluding hydrogens is 252 g/mol. The minimum atomic E-state index is 0.0447. The van der Waals surface area contributed by atoms with Crippen LogP contribution in [-0.4, -0.2) is 44.1 Å². The average molecular weight is 276 g/mol. The molecule has 0 aromatic heterocycles. The Morgan fingerprint density at radius 1 is 1.25 bits per heavy atom. The highest BCUT2D eigenvalue weighted by Gasteiger charge is 2.35. The second kappa shape index (κ2) is 6.75. The molecule has 0 radical (unpaired) electrons. The second-order valence-corrected chi connectivity index (χ2v) is 5.15. The largest absolute Gasteiger partial charge is 0.497 e. The molecule has 1 fully saturated rings. The maximum absolute atomic E-state index is 12.6. The number of hydrogen-bond donors (Lipinski definition) is 1. The normalized spacial score (nSPS) is 21.8. The molecule has 0 aliphatic carbocycles. The number of amides is 1. The monoisotopic (exact) mass is 276 g/mol. The van der Waals surface area contributed by atoms with Crippen molar-refractivity contribution in [3.05, 3.63) is 29.8 Å². The lowest BCUT2D eigenvalue weighted by molar-refractivity contribution is -0.134. The van der Waals surface area contributed by atoms with E-state index in [1.54, 1.807) is 7.11 Å². The SMILES string of the molecule is CCN(CC)C(=O)C1CNCC1c1ccc(OC)cc1. The number of benzene rings is 1. The summed E-state index contributed by atoms with van der Waals surface area (Å²) in [6.07, 6.45) is 0. The van der Waals surface area contributed by atoms with E-state index in [9.17, 15) is 4.79 Å². The summed E-state index contributed by atoms with van der Waals surface area (Å²) >= 11 is 0. The number of methoxy groups -OCH3 is 1. The van der Waals surface area contributed by atoms with Crippen molar-refractivity contribution in [2.24, 2.45) is 5.92 Å². The fourth-order valence-electron chi connectivity index (χ4n) is 2.91. The molecule has 1 aromatic rings. The van der Waals surface area contributed by atoms with E-state index >= 15 is 0 Å². The van der Waals surface area contributed by atoms with Gasteiger partial charge in [0.25, 0.3) is 0 Å². The van der Waals surface area contributed by atoms with Gasteiger partial charge in [-0.2, -0.15) is 0 Å². The van der Waals surface area contributed by atoms with Gasteiger partial charge in [0.2, 0.25) is 5.91 Å². The summed E-state index contributed by atoms with van der Waals surface area (Å²) in [5, 5.41) is 3.35. The molecule has 4 nitrogen and oxygen atoms in total. The third kappa shape index (κ3) is 2.96. The number of carbonyl (C=O) groups is 1. The van der Waals surface area contributed by atoms with Crippen molar-refractivity contribution < 1.29 is 9.53 Å². The lowest BCUT2D eigenvalue weighted by Crippen LogP contribution is -2.38. The van der Waals surface area contributed by atoms with Gasteiger partial charge < -0.3 is 15.0 Å². The number of ether oxygens (including phenoxy) is 1. The number of rotatable bonds is 5. The first-order valence-electron chi connectivity index (χ1n) is 7.34. The van der Waals surface area contributed by atoms with Crippen LogP contribution in [0, 0.1) is 5.92 Å². The molecule has 1 heterocycles. The molecule has 4 heteroatoms. The minimum absolute atomic E-state index is 0.0447. The molecule has 1 aliphatic heterocycles. The van der Waals surface area contributed by atoms with E-state index in [-0.39, 0.29) is 17.7 Å². The van der Waals surface area contributed by atoms with Gasteiger partial charge in [0.15, 0.2) is 0 Å². The zero-order valence-corrected chi connectivity index (χ0v) is 12.6. The summed E-state index contributed by atoms with van der Waals surface area (Å²) in [4.78, 5) is 14.5. The van der Waals surface area contributed by atoms with Crippen LogP contribution in [-0.2, 0) is 4.79 Å². The van der Waals surface area contributed by atoms with Crippen molar-refractivity contribution in [3.8, 4) is 5.75 Å².